The van der Waals surface area contributed by atoms with Gasteiger partial charge in [0.15, 0.2) is 0 Å². The third kappa shape index (κ3) is 21.0. The van der Waals surface area contributed by atoms with Gasteiger partial charge in [0.2, 0.25) is 11.8 Å². The molecule has 53 heavy (non-hydrogen) atoms. The summed E-state index contributed by atoms with van der Waals surface area (Å²) in [6, 6.07) is -0.221. The molecule has 3 unspecified atom stereocenters. The number of terminal acetylenes is 1. The Morgan fingerprint density at radius 2 is 1.28 bits per heavy atom. The smallest absolute Gasteiger partial charge is 0.311 e. The zero-order valence-corrected chi connectivity index (χ0v) is 32.8. The summed E-state index contributed by atoms with van der Waals surface area (Å²) in [4.78, 5) is 66.1. The molecule has 2 amide bonds. The molecule has 286 valence electrons. The maximum atomic E-state index is 13.9. The van der Waals surface area contributed by atoms with E-state index in [1.807, 2.05) is 20.8 Å². The van der Waals surface area contributed by atoms with Crippen LogP contribution in [-0.2, 0) is 42.9 Å². The van der Waals surface area contributed by atoms with E-state index in [9.17, 15) is 24.0 Å². The highest BCUT2D eigenvalue weighted by Crippen LogP contribution is 2.42. The number of hydrogen-bond acceptors (Lipinski definition) is 9. The van der Waals surface area contributed by atoms with Crippen molar-refractivity contribution in [3.8, 4) is 71.7 Å². The number of nitrogens with one attached hydrogen (secondary N) is 2. The van der Waals surface area contributed by atoms with E-state index in [4.69, 9.17) is 25.4 Å². The van der Waals surface area contributed by atoms with Crippen LogP contribution in [0.2, 0.25) is 0 Å². The molecule has 0 aliphatic carbocycles. The Balaban J connectivity index is 6.26. The van der Waals surface area contributed by atoms with Crippen LogP contribution >= 0.6 is 0 Å². The fourth-order valence-electron chi connectivity index (χ4n) is 5.54. The quantitative estimate of drug-likeness (QED) is 0.103. The lowest BCUT2D eigenvalue weighted by Crippen LogP contribution is -2.48. The number of carbonyl (C=O) groups excluding carboxylic acids is 5. The van der Waals surface area contributed by atoms with E-state index in [0.717, 1.165) is 0 Å². The molecule has 2 N–H and O–H groups in total. The number of ether oxygens (including phenoxy) is 4. The van der Waals surface area contributed by atoms with Crippen molar-refractivity contribution in [2.24, 2.45) is 22.7 Å². The molecule has 0 heterocycles. The molecule has 11 heteroatoms. The van der Waals surface area contributed by atoms with Crippen LogP contribution in [0.3, 0.4) is 0 Å². The van der Waals surface area contributed by atoms with E-state index < -0.39 is 40.1 Å². The fourth-order valence-corrected chi connectivity index (χ4v) is 5.54. The average Bonchev–Trinajstić information content (AvgIpc) is 3.05. The maximum Gasteiger partial charge on any atom is 0.311 e. The van der Waals surface area contributed by atoms with Gasteiger partial charge in [-0.3, -0.25) is 24.0 Å². The van der Waals surface area contributed by atoms with Gasteiger partial charge in [-0.2, -0.15) is 0 Å². The van der Waals surface area contributed by atoms with Crippen molar-refractivity contribution in [3.05, 3.63) is 0 Å². The number of carbonyl (C=O) groups is 5. The summed E-state index contributed by atoms with van der Waals surface area (Å²) < 4.78 is 21.2. The van der Waals surface area contributed by atoms with Crippen molar-refractivity contribution < 1.29 is 42.9 Å². The van der Waals surface area contributed by atoms with Crippen LogP contribution in [0, 0.1) is 94.4 Å². The second-order valence-corrected chi connectivity index (χ2v) is 14.3. The van der Waals surface area contributed by atoms with E-state index in [0.29, 0.717) is 6.42 Å². The van der Waals surface area contributed by atoms with E-state index in [-0.39, 0.29) is 75.8 Å². The molecule has 0 aliphatic rings. The van der Waals surface area contributed by atoms with Crippen LogP contribution in [0.1, 0.15) is 94.4 Å². The Hall–Kier alpha value is -5.33. The Bertz CT molecular complexity index is 1640. The molecule has 0 saturated heterocycles. The standard InChI is InChI=1S/C42H54N2O9/c1-12-14-15-16-17-18-19-20-21-22-23-51-25-27-53-39(49)42(10,31-40(6,7)38(48)52-26-24-50-11)30-35(36(46)43-32(3)4)28-34(13-2)37(47)44-41(8,9)29-33(5)45/h1,32,34-35H,13,24-31H2,2-11H3,(H,43,46)(H,44,47). The number of hydrogen-bond donors (Lipinski definition) is 2. The van der Waals surface area contributed by atoms with Crippen LogP contribution in [0.25, 0.3) is 0 Å². The minimum absolute atomic E-state index is 0.0262. The lowest BCUT2D eigenvalue weighted by molar-refractivity contribution is -0.165. The molecule has 0 aromatic carbocycles. The lowest BCUT2D eigenvalue weighted by Gasteiger charge is -2.37. The largest absolute Gasteiger partial charge is 0.463 e. The van der Waals surface area contributed by atoms with E-state index in [1.165, 1.54) is 14.0 Å². The normalized spacial score (nSPS) is 12.5. The molecule has 11 nitrogen and oxygen atoms in total. The molecule has 0 bridgehead atoms. The molecule has 0 spiro atoms. The summed E-state index contributed by atoms with van der Waals surface area (Å²) >= 11 is 0. The van der Waals surface area contributed by atoms with Crippen molar-refractivity contribution in [3.63, 3.8) is 0 Å². The van der Waals surface area contributed by atoms with Gasteiger partial charge in [-0.1, -0.05) is 6.92 Å². The molecular weight excluding hydrogens is 676 g/mol. The van der Waals surface area contributed by atoms with Crippen molar-refractivity contribution in [2.45, 2.75) is 106 Å². The number of methoxy groups -OCH3 is 1. The molecule has 0 aliphatic heterocycles. The number of esters is 2. The summed E-state index contributed by atoms with van der Waals surface area (Å²) in [5.74, 6) is 20.7. The van der Waals surface area contributed by atoms with Crippen molar-refractivity contribution in [1.82, 2.24) is 10.6 Å². The Kier molecular flexibility index (Phi) is 22.3. The van der Waals surface area contributed by atoms with Crippen LogP contribution in [0.4, 0.5) is 0 Å². The van der Waals surface area contributed by atoms with E-state index in [1.54, 1.807) is 34.6 Å². The summed E-state index contributed by atoms with van der Waals surface area (Å²) in [5.41, 5.74) is -3.36. The molecule has 0 aromatic rings. The number of Topliss-reactive ketones (excluding diaryl/α,β-unsaturated/α-hetero) is 1. The predicted molar refractivity (Wildman–Crippen MR) is 201 cm³/mol. The average molecular weight is 731 g/mol. The predicted octanol–water partition coefficient (Wildman–Crippen LogP) is 3.59. The van der Waals surface area contributed by atoms with Gasteiger partial charge in [-0.25, -0.2) is 0 Å². The first-order chi connectivity index (χ1) is 24.8. The first-order valence-corrected chi connectivity index (χ1v) is 17.4. The topological polar surface area (TPSA) is 146 Å². The fraction of sp³-hybridized carbons (Fsp3) is 0.595. The summed E-state index contributed by atoms with van der Waals surface area (Å²) in [6.45, 7) is 15.3. The molecule has 0 fully saturated rings. The molecule has 0 aromatic heterocycles. The monoisotopic (exact) mass is 730 g/mol. The zero-order chi connectivity index (χ0) is 40.5. The van der Waals surface area contributed by atoms with Crippen molar-refractivity contribution in [1.29, 1.82) is 0 Å². The minimum Gasteiger partial charge on any atom is -0.463 e. The van der Waals surface area contributed by atoms with Crippen LogP contribution in [0.15, 0.2) is 0 Å². The van der Waals surface area contributed by atoms with Gasteiger partial charge in [-0.15, -0.1) is 6.42 Å². The number of amides is 2. The van der Waals surface area contributed by atoms with Crippen LogP contribution in [-0.4, -0.2) is 74.7 Å². The SMILES string of the molecule is C#CC#CC#CC#CC#CC#COCCOC(=O)C(C)(CC(CC(CC)C(=O)NC(C)(C)CC(C)=O)C(=O)NC(C)C)CC(C)(C)C(=O)OCCOC. The second kappa shape index (κ2) is 24.8. The Morgan fingerprint density at radius 3 is 1.81 bits per heavy atom. The summed E-state index contributed by atoms with van der Waals surface area (Å²) in [7, 11) is 1.48. The highest BCUT2D eigenvalue weighted by molar-refractivity contribution is 5.85. The maximum absolute atomic E-state index is 13.9. The zero-order valence-electron chi connectivity index (χ0n) is 32.8. The molecule has 0 saturated carbocycles. The number of ketones is 1. The van der Waals surface area contributed by atoms with Crippen molar-refractivity contribution in [2.75, 3.05) is 33.5 Å². The number of rotatable bonds is 21. The Labute approximate surface area is 316 Å². The van der Waals surface area contributed by atoms with Crippen LogP contribution < -0.4 is 10.6 Å². The lowest BCUT2D eigenvalue weighted by atomic mass is 9.68. The second-order valence-electron chi connectivity index (χ2n) is 14.3. The third-order valence-electron chi connectivity index (χ3n) is 7.60. The van der Waals surface area contributed by atoms with Gasteiger partial charge in [0.05, 0.1) is 17.4 Å². The molecular formula is C42H54N2O9. The summed E-state index contributed by atoms with van der Waals surface area (Å²) in [6.07, 6.45) is 7.94. The van der Waals surface area contributed by atoms with Gasteiger partial charge < -0.3 is 29.6 Å². The Morgan fingerprint density at radius 1 is 0.736 bits per heavy atom. The van der Waals surface area contributed by atoms with Gasteiger partial charge in [-0.05, 0) is 111 Å². The van der Waals surface area contributed by atoms with Gasteiger partial charge in [0.1, 0.15) is 31.7 Å². The van der Waals surface area contributed by atoms with Crippen molar-refractivity contribution >= 4 is 29.5 Å². The highest BCUT2D eigenvalue weighted by atomic mass is 16.6. The van der Waals surface area contributed by atoms with Gasteiger partial charge in [0, 0.05) is 66.5 Å². The van der Waals surface area contributed by atoms with Crippen LogP contribution in [0.5, 0.6) is 0 Å². The molecule has 3 atom stereocenters. The van der Waals surface area contributed by atoms with Gasteiger partial charge in [0.25, 0.3) is 0 Å². The van der Waals surface area contributed by atoms with Gasteiger partial charge >= 0.3 is 11.9 Å². The van der Waals surface area contributed by atoms with E-state index >= 15 is 0 Å². The molecule has 0 radical (unpaired) electrons. The highest BCUT2D eigenvalue weighted by Gasteiger charge is 2.47. The first-order valence-electron chi connectivity index (χ1n) is 17.4. The third-order valence-corrected chi connectivity index (χ3v) is 7.60. The minimum atomic E-state index is -1.39. The summed E-state index contributed by atoms with van der Waals surface area (Å²) in [5, 5.41) is 5.87. The first kappa shape index (κ1) is 47.7. The molecule has 0 rings (SSSR count). The van der Waals surface area contributed by atoms with E-state index in [2.05, 4.69) is 75.9 Å².